The van der Waals surface area contributed by atoms with Gasteiger partial charge in [0.1, 0.15) is 11.9 Å². The average molecular weight is 263 g/mol. The van der Waals surface area contributed by atoms with Crippen molar-refractivity contribution < 1.29 is 19.1 Å². The molecule has 1 N–H and O–H groups in total. The van der Waals surface area contributed by atoms with E-state index in [2.05, 4.69) is 0 Å². The third-order valence-electron chi connectivity index (χ3n) is 3.13. The Labute approximate surface area is 110 Å². The molecule has 1 aromatic carbocycles. The highest BCUT2D eigenvalue weighted by Gasteiger charge is 2.32. The first kappa shape index (κ1) is 13.3. The van der Waals surface area contributed by atoms with Crippen molar-refractivity contribution in [2.24, 2.45) is 0 Å². The molecule has 4 nitrogen and oxygen atoms in total. The van der Waals surface area contributed by atoms with Crippen LogP contribution in [0.3, 0.4) is 0 Å². The molecular weight excluding hydrogens is 249 g/mol. The van der Waals surface area contributed by atoms with Crippen LogP contribution in [0, 0.1) is 5.82 Å². The molecule has 1 aliphatic rings. The van der Waals surface area contributed by atoms with Gasteiger partial charge in [-0.25, -0.2) is 9.18 Å². The van der Waals surface area contributed by atoms with Gasteiger partial charge in [0.15, 0.2) is 0 Å². The summed E-state index contributed by atoms with van der Waals surface area (Å²) in [7, 11) is 0. The number of amides is 1. The van der Waals surface area contributed by atoms with Gasteiger partial charge in [0, 0.05) is 18.2 Å². The SMILES string of the molecule is O=C(O)[C@@H]1CCCN1C(=O)/C=C/c1ccccc1F. The zero-order chi connectivity index (χ0) is 13.8. The summed E-state index contributed by atoms with van der Waals surface area (Å²) >= 11 is 0. The van der Waals surface area contributed by atoms with E-state index in [-0.39, 0.29) is 0 Å². The second-order valence-corrected chi connectivity index (χ2v) is 4.38. The van der Waals surface area contributed by atoms with Crippen molar-refractivity contribution in [3.63, 3.8) is 0 Å². The quantitative estimate of drug-likeness (QED) is 0.847. The molecule has 0 saturated carbocycles. The van der Waals surface area contributed by atoms with Crippen molar-refractivity contribution in [1.82, 2.24) is 4.90 Å². The predicted octanol–water partition coefficient (Wildman–Crippen LogP) is 1.91. The zero-order valence-corrected chi connectivity index (χ0v) is 10.3. The number of carbonyl (C=O) groups excluding carboxylic acids is 1. The first-order valence-corrected chi connectivity index (χ1v) is 6.05. The Hall–Kier alpha value is -2.17. The van der Waals surface area contributed by atoms with E-state index in [1.165, 1.54) is 23.1 Å². The van der Waals surface area contributed by atoms with Crippen molar-refractivity contribution in [2.45, 2.75) is 18.9 Å². The van der Waals surface area contributed by atoms with Gasteiger partial charge >= 0.3 is 5.97 Å². The molecule has 0 bridgehead atoms. The fourth-order valence-corrected chi connectivity index (χ4v) is 2.15. The first-order chi connectivity index (χ1) is 9.09. The molecule has 1 aliphatic heterocycles. The summed E-state index contributed by atoms with van der Waals surface area (Å²) in [6.07, 6.45) is 3.74. The number of halogens is 1. The van der Waals surface area contributed by atoms with Gasteiger partial charge in [0.25, 0.3) is 0 Å². The maximum absolute atomic E-state index is 13.4. The van der Waals surface area contributed by atoms with E-state index in [0.717, 1.165) is 0 Å². The highest BCUT2D eigenvalue weighted by molar-refractivity contribution is 5.94. The second kappa shape index (κ2) is 5.65. The van der Waals surface area contributed by atoms with Crippen LogP contribution in [-0.4, -0.2) is 34.5 Å². The molecule has 5 heteroatoms. The molecule has 1 fully saturated rings. The molecule has 1 amide bonds. The van der Waals surface area contributed by atoms with Crippen LogP contribution >= 0.6 is 0 Å². The highest BCUT2D eigenvalue weighted by Crippen LogP contribution is 2.18. The van der Waals surface area contributed by atoms with E-state index in [1.807, 2.05) is 0 Å². The van der Waals surface area contributed by atoms with Crippen LogP contribution in [0.25, 0.3) is 6.08 Å². The van der Waals surface area contributed by atoms with Gasteiger partial charge < -0.3 is 10.0 Å². The van der Waals surface area contributed by atoms with Crippen LogP contribution in [-0.2, 0) is 9.59 Å². The number of benzene rings is 1. The summed E-state index contributed by atoms with van der Waals surface area (Å²) in [6.45, 7) is 0.428. The lowest BCUT2D eigenvalue weighted by Crippen LogP contribution is -2.39. The number of carboxylic acid groups (broad SMARTS) is 1. The Kier molecular flexibility index (Phi) is 3.94. The minimum absolute atomic E-state index is 0.307. The Morgan fingerprint density at radius 2 is 2.11 bits per heavy atom. The van der Waals surface area contributed by atoms with Crippen LogP contribution in [0.15, 0.2) is 30.3 Å². The summed E-state index contributed by atoms with van der Waals surface area (Å²) in [4.78, 5) is 24.2. The number of likely N-dealkylation sites (tertiary alicyclic amines) is 1. The van der Waals surface area contributed by atoms with Gasteiger partial charge in [-0.2, -0.15) is 0 Å². The molecule has 0 radical (unpaired) electrons. The minimum Gasteiger partial charge on any atom is -0.480 e. The molecule has 0 spiro atoms. The zero-order valence-electron chi connectivity index (χ0n) is 10.3. The van der Waals surface area contributed by atoms with Crippen molar-refractivity contribution in [2.75, 3.05) is 6.54 Å². The Bertz CT molecular complexity index is 527. The van der Waals surface area contributed by atoms with Crippen molar-refractivity contribution >= 4 is 18.0 Å². The molecule has 1 saturated heterocycles. The summed E-state index contributed by atoms with van der Waals surface area (Å²) in [5, 5.41) is 8.98. The number of hydrogen-bond acceptors (Lipinski definition) is 2. The van der Waals surface area contributed by atoms with Gasteiger partial charge in [0.05, 0.1) is 0 Å². The van der Waals surface area contributed by atoms with Gasteiger partial charge in [-0.15, -0.1) is 0 Å². The Morgan fingerprint density at radius 3 is 2.79 bits per heavy atom. The topological polar surface area (TPSA) is 57.6 Å². The molecule has 19 heavy (non-hydrogen) atoms. The van der Waals surface area contributed by atoms with Gasteiger partial charge in [0.2, 0.25) is 5.91 Å². The monoisotopic (exact) mass is 263 g/mol. The molecule has 1 aromatic rings. The van der Waals surface area contributed by atoms with Gasteiger partial charge in [-0.3, -0.25) is 4.79 Å². The maximum Gasteiger partial charge on any atom is 0.326 e. The van der Waals surface area contributed by atoms with Crippen LogP contribution in [0.2, 0.25) is 0 Å². The van der Waals surface area contributed by atoms with E-state index < -0.39 is 23.7 Å². The molecule has 1 atom stereocenters. The smallest absolute Gasteiger partial charge is 0.326 e. The van der Waals surface area contributed by atoms with E-state index >= 15 is 0 Å². The normalized spacial score (nSPS) is 19.0. The number of nitrogens with zero attached hydrogens (tertiary/aromatic N) is 1. The molecule has 2 rings (SSSR count). The number of hydrogen-bond donors (Lipinski definition) is 1. The average Bonchev–Trinajstić information content (AvgIpc) is 2.87. The van der Waals surface area contributed by atoms with Crippen LogP contribution in [0.4, 0.5) is 4.39 Å². The van der Waals surface area contributed by atoms with E-state index in [4.69, 9.17) is 5.11 Å². The lowest BCUT2D eigenvalue weighted by Gasteiger charge is -2.19. The van der Waals surface area contributed by atoms with Crippen LogP contribution in [0.5, 0.6) is 0 Å². The Balaban J connectivity index is 2.09. The van der Waals surface area contributed by atoms with Gasteiger partial charge in [-0.05, 0) is 25.0 Å². The lowest BCUT2D eigenvalue weighted by atomic mass is 10.2. The standard InChI is InChI=1S/C14H14FNO3/c15-11-5-2-1-4-10(11)7-8-13(17)16-9-3-6-12(16)14(18)19/h1-2,4-5,7-8,12H,3,6,9H2,(H,18,19)/b8-7+/t12-/m0/s1. The third-order valence-corrected chi connectivity index (χ3v) is 3.13. The molecule has 1 heterocycles. The van der Waals surface area contributed by atoms with E-state index in [9.17, 15) is 14.0 Å². The minimum atomic E-state index is -0.995. The molecule has 0 aliphatic carbocycles. The van der Waals surface area contributed by atoms with Crippen molar-refractivity contribution in [3.05, 3.63) is 41.7 Å². The fraction of sp³-hybridized carbons (Fsp3) is 0.286. The first-order valence-electron chi connectivity index (χ1n) is 6.05. The fourth-order valence-electron chi connectivity index (χ4n) is 2.15. The second-order valence-electron chi connectivity index (χ2n) is 4.38. The van der Waals surface area contributed by atoms with Gasteiger partial charge in [-0.1, -0.05) is 18.2 Å². The number of rotatable bonds is 3. The molecule has 100 valence electrons. The number of aliphatic carboxylic acids is 1. The summed E-state index contributed by atoms with van der Waals surface area (Å²) in [5.74, 6) is -1.80. The van der Waals surface area contributed by atoms with Crippen LogP contribution in [0.1, 0.15) is 18.4 Å². The summed E-state index contributed by atoms with van der Waals surface area (Å²) < 4.78 is 13.4. The highest BCUT2D eigenvalue weighted by atomic mass is 19.1. The third kappa shape index (κ3) is 2.99. The lowest BCUT2D eigenvalue weighted by molar-refractivity contribution is -0.146. The maximum atomic E-state index is 13.4. The van der Waals surface area contributed by atoms with Crippen LogP contribution < -0.4 is 0 Å². The number of carbonyl (C=O) groups is 2. The van der Waals surface area contributed by atoms with E-state index in [1.54, 1.807) is 18.2 Å². The van der Waals surface area contributed by atoms with E-state index in [0.29, 0.717) is 24.9 Å². The van der Waals surface area contributed by atoms with Crippen molar-refractivity contribution in [1.29, 1.82) is 0 Å². The predicted molar refractivity (Wildman–Crippen MR) is 67.8 cm³/mol. The summed E-state index contributed by atoms with van der Waals surface area (Å²) in [6, 6.07) is 5.33. The molecule has 0 unspecified atom stereocenters. The molecule has 0 aromatic heterocycles. The summed E-state index contributed by atoms with van der Waals surface area (Å²) in [5.41, 5.74) is 0.307. The Morgan fingerprint density at radius 1 is 1.37 bits per heavy atom. The van der Waals surface area contributed by atoms with Crippen molar-refractivity contribution in [3.8, 4) is 0 Å². The molecular formula is C14H14FNO3. The largest absolute Gasteiger partial charge is 0.480 e. The number of carboxylic acids is 1.